The molecule has 3 nitrogen and oxygen atoms in total. The van der Waals surface area contributed by atoms with Gasteiger partial charge in [-0.25, -0.2) is 4.98 Å². The second-order valence-electron chi connectivity index (χ2n) is 5.05. The SMILES string of the molecule is COc1ccc(-c2nc(CSc3c(Cl)cccc3Cl)cs2)cc1OC. The van der Waals surface area contributed by atoms with Gasteiger partial charge in [-0.2, -0.15) is 0 Å². The number of methoxy groups -OCH3 is 2. The lowest BCUT2D eigenvalue weighted by atomic mass is 10.2. The van der Waals surface area contributed by atoms with Gasteiger partial charge in [0.15, 0.2) is 11.5 Å². The zero-order valence-corrected chi connectivity index (χ0v) is 16.7. The minimum absolute atomic E-state index is 0.660. The molecule has 0 saturated carbocycles. The van der Waals surface area contributed by atoms with Gasteiger partial charge in [-0.05, 0) is 30.3 Å². The molecule has 0 fully saturated rings. The molecule has 1 heterocycles. The van der Waals surface area contributed by atoms with Gasteiger partial charge < -0.3 is 9.47 Å². The van der Waals surface area contributed by atoms with Crippen LogP contribution >= 0.6 is 46.3 Å². The van der Waals surface area contributed by atoms with Crippen molar-refractivity contribution >= 4 is 46.3 Å². The number of thiazole rings is 1. The molecule has 0 spiro atoms. The smallest absolute Gasteiger partial charge is 0.161 e. The van der Waals surface area contributed by atoms with Gasteiger partial charge in [0.05, 0.1) is 30.0 Å². The van der Waals surface area contributed by atoms with E-state index in [1.54, 1.807) is 37.3 Å². The van der Waals surface area contributed by atoms with Crippen molar-refractivity contribution in [2.45, 2.75) is 10.6 Å². The number of nitrogens with zero attached hydrogens (tertiary/aromatic N) is 1. The Morgan fingerprint density at radius 3 is 2.44 bits per heavy atom. The number of aromatic nitrogens is 1. The summed E-state index contributed by atoms with van der Waals surface area (Å²) < 4.78 is 10.6. The molecule has 2 aromatic carbocycles. The van der Waals surface area contributed by atoms with Crippen LogP contribution in [0.2, 0.25) is 10.0 Å². The van der Waals surface area contributed by atoms with E-state index in [4.69, 9.17) is 37.7 Å². The van der Waals surface area contributed by atoms with E-state index in [0.717, 1.165) is 21.2 Å². The highest BCUT2D eigenvalue weighted by Gasteiger charge is 2.11. The Labute approximate surface area is 164 Å². The first-order valence-electron chi connectivity index (χ1n) is 7.36. The van der Waals surface area contributed by atoms with Gasteiger partial charge in [-0.3, -0.25) is 0 Å². The third kappa shape index (κ3) is 4.23. The number of ether oxygens (including phenoxy) is 2. The van der Waals surface area contributed by atoms with Gasteiger partial charge in [0.2, 0.25) is 0 Å². The molecule has 0 N–H and O–H groups in total. The molecule has 0 unspecified atom stereocenters. The molecule has 0 amide bonds. The van der Waals surface area contributed by atoms with Crippen LogP contribution in [0.4, 0.5) is 0 Å². The van der Waals surface area contributed by atoms with Crippen LogP contribution in [0, 0.1) is 0 Å². The highest BCUT2D eigenvalue weighted by molar-refractivity contribution is 7.98. The van der Waals surface area contributed by atoms with Crippen molar-refractivity contribution in [3.05, 3.63) is 57.5 Å². The van der Waals surface area contributed by atoms with Crippen molar-refractivity contribution in [1.29, 1.82) is 0 Å². The van der Waals surface area contributed by atoms with Crippen molar-refractivity contribution in [2.75, 3.05) is 14.2 Å². The lowest BCUT2D eigenvalue weighted by Gasteiger charge is -2.08. The molecule has 7 heteroatoms. The molecule has 3 rings (SSSR count). The first-order valence-corrected chi connectivity index (χ1v) is 9.98. The standard InChI is InChI=1S/C18H15Cl2NO2S2/c1-22-15-7-6-11(8-16(15)23-2)18-21-12(10-25-18)9-24-17-13(19)4-3-5-14(17)20/h3-8,10H,9H2,1-2H3. The third-order valence-electron chi connectivity index (χ3n) is 3.47. The van der Waals surface area contributed by atoms with E-state index in [9.17, 15) is 0 Å². The molecule has 3 aromatic rings. The van der Waals surface area contributed by atoms with E-state index >= 15 is 0 Å². The van der Waals surface area contributed by atoms with Gasteiger partial charge in [0.25, 0.3) is 0 Å². The fourth-order valence-corrected chi connectivity index (χ4v) is 4.74. The molecule has 0 saturated heterocycles. The van der Waals surface area contributed by atoms with E-state index in [1.165, 1.54) is 0 Å². The largest absolute Gasteiger partial charge is 0.493 e. The Hall–Kier alpha value is -1.40. The summed E-state index contributed by atoms with van der Waals surface area (Å²) in [6.45, 7) is 0. The second-order valence-corrected chi connectivity index (χ2v) is 7.71. The summed E-state index contributed by atoms with van der Waals surface area (Å²) in [4.78, 5) is 5.58. The molecule has 0 aliphatic heterocycles. The number of benzene rings is 2. The monoisotopic (exact) mass is 411 g/mol. The number of thioether (sulfide) groups is 1. The molecule has 0 aliphatic carbocycles. The maximum Gasteiger partial charge on any atom is 0.161 e. The number of hydrogen-bond acceptors (Lipinski definition) is 5. The lowest BCUT2D eigenvalue weighted by molar-refractivity contribution is 0.355. The summed E-state index contributed by atoms with van der Waals surface area (Å²) in [6, 6.07) is 11.3. The van der Waals surface area contributed by atoms with Crippen molar-refractivity contribution in [1.82, 2.24) is 4.98 Å². The minimum atomic E-state index is 0.660. The molecule has 25 heavy (non-hydrogen) atoms. The average Bonchev–Trinajstić information content (AvgIpc) is 3.09. The molecule has 0 aliphatic rings. The van der Waals surface area contributed by atoms with E-state index in [-0.39, 0.29) is 0 Å². The summed E-state index contributed by atoms with van der Waals surface area (Å²) >= 11 is 15.6. The van der Waals surface area contributed by atoms with Gasteiger partial charge in [0.1, 0.15) is 5.01 Å². The van der Waals surface area contributed by atoms with E-state index in [1.807, 2.05) is 41.8 Å². The Morgan fingerprint density at radius 1 is 1.04 bits per heavy atom. The highest BCUT2D eigenvalue weighted by atomic mass is 35.5. The Bertz CT molecular complexity index is 863. The Morgan fingerprint density at radius 2 is 1.76 bits per heavy atom. The number of hydrogen-bond donors (Lipinski definition) is 0. The van der Waals surface area contributed by atoms with Gasteiger partial charge in [0, 0.05) is 21.6 Å². The van der Waals surface area contributed by atoms with Crippen LogP contribution in [0.25, 0.3) is 10.6 Å². The topological polar surface area (TPSA) is 31.4 Å². The van der Waals surface area contributed by atoms with E-state index in [0.29, 0.717) is 27.3 Å². The van der Waals surface area contributed by atoms with Crippen molar-refractivity contribution < 1.29 is 9.47 Å². The predicted octanol–water partition coefficient (Wildman–Crippen LogP) is 6.43. The van der Waals surface area contributed by atoms with Crippen LogP contribution in [0.1, 0.15) is 5.69 Å². The van der Waals surface area contributed by atoms with Crippen LogP contribution in [0.3, 0.4) is 0 Å². The maximum atomic E-state index is 6.21. The van der Waals surface area contributed by atoms with Crippen LogP contribution < -0.4 is 9.47 Å². The summed E-state index contributed by atoms with van der Waals surface area (Å²) in [7, 11) is 3.25. The molecule has 0 radical (unpaired) electrons. The normalized spacial score (nSPS) is 10.7. The summed E-state index contributed by atoms with van der Waals surface area (Å²) in [5.74, 6) is 2.09. The zero-order chi connectivity index (χ0) is 17.8. The van der Waals surface area contributed by atoms with Crippen LogP contribution in [0.15, 0.2) is 46.7 Å². The summed E-state index contributed by atoms with van der Waals surface area (Å²) in [5.41, 5.74) is 1.98. The van der Waals surface area contributed by atoms with Crippen molar-refractivity contribution in [3.8, 4) is 22.1 Å². The van der Waals surface area contributed by atoms with Gasteiger partial charge >= 0.3 is 0 Å². The fraction of sp³-hybridized carbons (Fsp3) is 0.167. The predicted molar refractivity (Wildman–Crippen MR) is 107 cm³/mol. The Kier molecular flexibility index (Phi) is 6.12. The summed E-state index contributed by atoms with van der Waals surface area (Å²) in [6.07, 6.45) is 0. The average molecular weight is 412 g/mol. The summed E-state index contributed by atoms with van der Waals surface area (Å²) in [5, 5.41) is 4.30. The fourth-order valence-electron chi connectivity index (χ4n) is 2.24. The Balaban J connectivity index is 1.77. The quantitative estimate of drug-likeness (QED) is 0.437. The van der Waals surface area contributed by atoms with Crippen LogP contribution in [-0.4, -0.2) is 19.2 Å². The number of rotatable bonds is 6. The minimum Gasteiger partial charge on any atom is -0.493 e. The second kappa shape index (κ2) is 8.32. The molecule has 0 bridgehead atoms. The zero-order valence-electron chi connectivity index (χ0n) is 13.6. The maximum absolute atomic E-state index is 6.21. The van der Waals surface area contributed by atoms with E-state index < -0.39 is 0 Å². The lowest BCUT2D eigenvalue weighted by Crippen LogP contribution is -1.91. The van der Waals surface area contributed by atoms with E-state index in [2.05, 4.69) is 0 Å². The third-order valence-corrected chi connectivity index (χ3v) is 6.43. The molecule has 0 atom stereocenters. The highest BCUT2D eigenvalue weighted by Crippen LogP contribution is 2.37. The first kappa shape index (κ1) is 18.4. The van der Waals surface area contributed by atoms with Crippen molar-refractivity contribution in [3.63, 3.8) is 0 Å². The molecule has 130 valence electrons. The number of halogens is 2. The molecule has 1 aromatic heterocycles. The van der Waals surface area contributed by atoms with Crippen LogP contribution in [0.5, 0.6) is 11.5 Å². The first-order chi connectivity index (χ1) is 12.1. The molecular weight excluding hydrogens is 397 g/mol. The molecular formula is C18H15Cl2NO2S2. The van der Waals surface area contributed by atoms with Crippen LogP contribution in [-0.2, 0) is 5.75 Å². The van der Waals surface area contributed by atoms with Gasteiger partial charge in [-0.15, -0.1) is 23.1 Å². The van der Waals surface area contributed by atoms with Crippen molar-refractivity contribution in [2.24, 2.45) is 0 Å². The van der Waals surface area contributed by atoms with Gasteiger partial charge in [-0.1, -0.05) is 29.3 Å².